The maximum absolute atomic E-state index is 12.5. The summed E-state index contributed by atoms with van der Waals surface area (Å²) in [4.78, 5) is 17.4. The first-order valence-corrected chi connectivity index (χ1v) is 8.04. The summed E-state index contributed by atoms with van der Waals surface area (Å²) >= 11 is 2.63. The molecule has 0 atom stereocenters. The van der Waals surface area contributed by atoms with Crippen LogP contribution in [-0.4, -0.2) is 20.7 Å². The fourth-order valence-corrected chi connectivity index (χ4v) is 3.47. The molecule has 0 spiro atoms. The van der Waals surface area contributed by atoms with E-state index in [2.05, 4.69) is 4.98 Å². The second-order valence-electron chi connectivity index (χ2n) is 4.20. The van der Waals surface area contributed by atoms with E-state index < -0.39 is 0 Å². The molecule has 0 radical (unpaired) electrons. The fourth-order valence-electron chi connectivity index (χ4n) is 2.01. The zero-order chi connectivity index (χ0) is 15.0. The van der Waals surface area contributed by atoms with Gasteiger partial charge in [-0.15, -0.1) is 23.1 Å². The third-order valence-electron chi connectivity index (χ3n) is 3.00. The molecule has 0 fully saturated rings. The van der Waals surface area contributed by atoms with Gasteiger partial charge < -0.3 is 5.11 Å². The standard InChI is InChI=1S/C14H9N3O2S2/c1-20-12-10(6-15)13(19)17-11(7-21-14(17)16-12)8-2-4-9(18)5-3-8/h2-5,7,18H,1H3. The Labute approximate surface area is 128 Å². The van der Waals surface area contributed by atoms with Crippen molar-refractivity contribution in [2.24, 2.45) is 0 Å². The smallest absolute Gasteiger partial charge is 0.278 e. The molecule has 3 aromatic rings. The summed E-state index contributed by atoms with van der Waals surface area (Å²) in [6.07, 6.45) is 1.79. The summed E-state index contributed by atoms with van der Waals surface area (Å²) < 4.78 is 1.44. The molecule has 2 aromatic heterocycles. The molecule has 0 bridgehead atoms. The first-order valence-electron chi connectivity index (χ1n) is 5.93. The van der Waals surface area contributed by atoms with E-state index in [0.29, 0.717) is 15.7 Å². The van der Waals surface area contributed by atoms with Gasteiger partial charge in [0.05, 0.1) is 5.69 Å². The largest absolute Gasteiger partial charge is 0.508 e. The number of thiazole rings is 1. The van der Waals surface area contributed by atoms with Crippen LogP contribution in [0.1, 0.15) is 5.56 Å². The highest BCUT2D eigenvalue weighted by molar-refractivity contribution is 7.98. The Hall–Kier alpha value is -2.30. The van der Waals surface area contributed by atoms with Crippen molar-refractivity contribution in [2.75, 3.05) is 6.26 Å². The van der Waals surface area contributed by atoms with Gasteiger partial charge >= 0.3 is 0 Å². The lowest BCUT2D eigenvalue weighted by Crippen LogP contribution is -2.18. The predicted octanol–water partition coefficient (Wildman–Crippen LogP) is 2.72. The predicted molar refractivity (Wildman–Crippen MR) is 82.9 cm³/mol. The Morgan fingerprint density at radius 3 is 2.71 bits per heavy atom. The van der Waals surface area contributed by atoms with Crippen LogP contribution in [0.15, 0.2) is 39.5 Å². The van der Waals surface area contributed by atoms with Gasteiger partial charge in [0.25, 0.3) is 5.56 Å². The van der Waals surface area contributed by atoms with Crippen molar-refractivity contribution in [1.29, 1.82) is 5.26 Å². The Kier molecular flexibility index (Phi) is 3.41. The third-order valence-corrected chi connectivity index (χ3v) is 4.51. The lowest BCUT2D eigenvalue weighted by molar-refractivity contribution is 0.475. The van der Waals surface area contributed by atoms with E-state index in [9.17, 15) is 15.2 Å². The highest BCUT2D eigenvalue weighted by Crippen LogP contribution is 2.27. The van der Waals surface area contributed by atoms with Crippen LogP contribution >= 0.6 is 23.1 Å². The molecule has 1 aromatic carbocycles. The molecule has 0 aliphatic heterocycles. The lowest BCUT2D eigenvalue weighted by Gasteiger charge is -2.04. The number of phenolic OH excluding ortho intramolecular Hbond substituents is 1. The number of benzene rings is 1. The minimum atomic E-state index is -0.365. The minimum Gasteiger partial charge on any atom is -0.508 e. The van der Waals surface area contributed by atoms with Crippen LogP contribution in [0.25, 0.3) is 16.2 Å². The number of nitriles is 1. The maximum Gasteiger partial charge on any atom is 0.278 e. The van der Waals surface area contributed by atoms with Gasteiger partial charge in [-0.2, -0.15) is 5.26 Å². The highest BCUT2D eigenvalue weighted by Gasteiger charge is 2.16. The molecule has 0 saturated carbocycles. The quantitative estimate of drug-likeness (QED) is 0.581. The second-order valence-corrected chi connectivity index (χ2v) is 5.83. The Morgan fingerprint density at radius 1 is 1.38 bits per heavy atom. The van der Waals surface area contributed by atoms with Gasteiger partial charge in [0.15, 0.2) is 4.96 Å². The molecule has 0 saturated heterocycles. The number of aromatic nitrogens is 2. The van der Waals surface area contributed by atoms with Crippen LogP contribution < -0.4 is 5.56 Å². The summed E-state index contributed by atoms with van der Waals surface area (Å²) in [7, 11) is 0. The number of thioether (sulfide) groups is 1. The van der Waals surface area contributed by atoms with Crippen LogP contribution in [0.2, 0.25) is 0 Å². The zero-order valence-corrected chi connectivity index (χ0v) is 12.5. The Morgan fingerprint density at radius 2 is 2.10 bits per heavy atom. The molecule has 2 heterocycles. The van der Waals surface area contributed by atoms with E-state index in [1.165, 1.54) is 27.5 Å². The number of hydrogen-bond acceptors (Lipinski definition) is 6. The number of rotatable bonds is 2. The van der Waals surface area contributed by atoms with Gasteiger partial charge in [0.1, 0.15) is 22.4 Å². The monoisotopic (exact) mass is 315 g/mol. The third kappa shape index (κ3) is 2.18. The van der Waals surface area contributed by atoms with Crippen molar-refractivity contribution in [3.05, 3.63) is 45.6 Å². The topological polar surface area (TPSA) is 78.4 Å². The minimum absolute atomic E-state index is 0.0541. The molecule has 0 amide bonds. The molecule has 0 unspecified atom stereocenters. The van der Waals surface area contributed by atoms with Crippen molar-refractivity contribution in [1.82, 2.24) is 9.38 Å². The van der Waals surface area contributed by atoms with Crippen molar-refractivity contribution in [2.45, 2.75) is 5.03 Å². The van der Waals surface area contributed by atoms with E-state index in [1.807, 2.05) is 11.4 Å². The maximum atomic E-state index is 12.5. The Bertz CT molecular complexity index is 920. The van der Waals surface area contributed by atoms with E-state index in [-0.39, 0.29) is 16.9 Å². The van der Waals surface area contributed by atoms with E-state index in [0.717, 1.165) is 5.56 Å². The summed E-state index contributed by atoms with van der Waals surface area (Å²) in [5.74, 6) is 0.158. The molecule has 21 heavy (non-hydrogen) atoms. The molecular weight excluding hydrogens is 306 g/mol. The normalized spacial score (nSPS) is 10.7. The molecule has 0 aliphatic rings. The SMILES string of the molecule is CSc1nc2scc(-c3ccc(O)cc3)n2c(=O)c1C#N. The fraction of sp³-hybridized carbons (Fsp3) is 0.0714. The van der Waals surface area contributed by atoms with Gasteiger partial charge in [-0.1, -0.05) is 0 Å². The number of aromatic hydroxyl groups is 1. The van der Waals surface area contributed by atoms with E-state index in [1.54, 1.807) is 30.5 Å². The summed E-state index contributed by atoms with van der Waals surface area (Å²) in [6.45, 7) is 0. The molecule has 1 N–H and O–H groups in total. The van der Waals surface area contributed by atoms with Crippen LogP contribution in [0.4, 0.5) is 0 Å². The zero-order valence-electron chi connectivity index (χ0n) is 10.9. The average Bonchev–Trinajstić information content (AvgIpc) is 2.92. The first-order chi connectivity index (χ1) is 10.2. The summed E-state index contributed by atoms with van der Waals surface area (Å²) in [5, 5.41) is 20.8. The van der Waals surface area contributed by atoms with Gasteiger partial charge in [-0.3, -0.25) is 4.79 Å². The van der Waals surface area contributed by atoms with Crippen molar-refractivity contribution < 1.29 is 5.11 Å². The van der Waals surface area contributed by atoms with Crippen LogP contribution in [0, 0.1) is 11.3 Å². The van der Waals surface area contributed by atoms with E-state index in [4.69, 9.17) is 0 Å². The molecule has 104 valence electrons. The van der Waals surface area contributed by atoms with Crippen molar-refractivity contribution in [3.63, 3.8) is 0 Å². The highest BCUT2D eigenvalue weighted by atomic mass is 32.2. The second kappa shape index (κ2) is 5.24. The van der Waals surface area contributed by atoms with Gasteiger partial charge in [-0.05, 0) is 36.1 Å². The van der Waals surface area contributed by atoms with Crippen molar-refractivity contribution >= 4 is 28.1 Å². The number of nitrogens with zero attached hydrogens (tertiary/aromatic N) is 3. The van der Waals surface area contributed by atoms with Gasteiger partial charge in [0, 0.05) is 5.38 Å². The average molecular weight is 315 g/mol. The van der Waals surface area contributed by atoms with Gasteiger partial charge in [-0.25, -0.2) is 9.38 Å². The number of fused-ring (bicyclic) bond motifs is 1. The van der Waals surface area contributed by atoms with Crippen LogP contribution in [0.3, 0.4) is 0 Å². The molecular formula is C14H9N3O2S2. The van der Waals surface area contributed by atoms with Gasteiger partial charge in [0.2, 0.25) is 0 Å². The number of phenols is 1. The molecule has 3 rings (SSSR count). The molecule has 7 heteroatoms. The number of hydrogen-bond donors (Lipinski definition) is 1. The lowest BCUT2D eigenvalue weighted by atomic mass is 10.1. The van der Waals surface area contributed by atoms with Crippen molar-refractivity contribution in [3.8, 4) is 23.1 Å². The summed E-state index contributed by atoms with van der Waals surface area (Å²) in [6, 6.07) is 8.48. The van der Waals surface area contributed by atoms with Crippen LogP contribution in [-0.2, 0) is 0 Å². The van der Waals surface area contributed by atoms with Crippen LogP contribution in [0.5, 0.6) is 5.75 Å². The molecule has 5 nitrogen and oxygen atoms in total. The summed E-state index contributed by atoms with van der Waals surface area (Å²) in [5.41, 5.74) is 1.13. The molecule has 0 aliphatic carbocycles. The Balaban J connectivity index is 2.35. The van der Waals surface area contributed by atoms with E-state index >= 15 is 0 Å². The first kappa shape index (κ1) is 13.7.